The first kappa shape index (κ1) is 29.7. The summed E-state index contributed by atoms with van der Waals surface area (Å²) in [6.45, 7) is 9.19. The van der Waals surface area contributed by atoms with Crippen molar-refractivity contribution in [3.8, 4) is 0 Å². The van der Waals surface area contributed by atoms with Crippen LogP contribution in [0.1, 0.15) is 54.4 Å². The monoisotopic (exact) mass is 501 g/mol. The molecule has 198 valence electrons. The van der Waals surface area contributed by atoms with E-state index >= 15 is 0 Å². The lowest BCUT2D eigenvalue weighted by molar-refractivity contribution is -0.165. The van der Waals surface area contributed by atoms with E-state index in [4.69, 9.17) is 9.47 Å². The number of carbonyl (C=O) groups is 6. The number of rotatable bonds is 8. The standard InChI is InChI=1S/C22H35N3O10/c1-21(2,3)34-17(29)12-24-8-9-25(14(19(24)31)11-16(28)33-7)18(30)13(10-15(26)27)23-20(32)35-22(4,5)6/h13-14H,8-12H2,1-7H3,(H,23,32)(H,26,27). The Morgan fingerprint density at radius 2 is 1.57 bits per heavy atom. The van der Waals surface area contributed by atoms with Crippen molar-refractivity contribution in [1.82, 2.24) is 15.1 Å². The Morgan fingerprint density at radius 3 is 2.06 bits per heavy atom. The molecule has 1 heterocycles. The fourth-order valence-corrected chi connectivity index (χ4v) is 3.25. The summed E-state index contributed by atoms with van der Waals surface area (Å²) in [6.07, 6.45) is -2.33. The molecule has 2 unspecified atom stereocenters. The van der Waals surface area contributed by atoms with Crippen LogP contribution in [-0.2, 0) is 38.2 Å². The number of carboxylic acid groups (broad SMARTS) is 1. The molecule has 13 heteroatoms. The highest BCUT2D eigenvalue weighted by Crippen LogP contribution is 2.19. The second kappa shape index (κ2) is 11.8. The molecule has 0 saturated carbocycles. The van der Waals surface area contributed by atoms with Crippen LogP contribution in [-0.4, -0.2) is 101 Å². The number of methoxy groups -OCH3 is 1. The van der Waals surface area contributed by atoms with Gasteiger partial charge >= 0.3 is 24.0 Å². The summed E-state index contributed by atoms with van der Waals surface area (Å²) in [4.78, 5) is 76.3. The molecular formula is C22H35N3O10. The van der Waals surface area contributed by atoms with Gasteiger partial charge in [-0.25, -0.2) is 4.79 Å². The number of hydrogen-bond acceptors (Lipinski definition) is 9. The molecule has 1 rings (SSSR count). The summed E-state index contributed by atoms with van der Waals surface area (Å²) >= 11 is 0. The van der Waals surface area contributed by atoms with Crippen LogP contribution in [0.15, 0.2) is 0 Å². The number of piperazine rings is 1. The molecule has 1 aliphatic heterocycles. The molecule has 13 nitrogen and oxygen atoms in total. The van der Waals surface area contributed by atoms with Crippen molar-refractivity contribution in [2.24, 2.45) is 0 Å². The maximum atomic E-state index is 13.3. The van der Waals surface area contributed by atoms with Crippen LogP contribution in [0, 0.1) is 0 Å². The Balaban J connectivity index is 3.14. The van der Waals surface area contributed by atoms with Crippen molar-refractivity contribution in [2.75, 3.05) is 26.7 Å². The lowest BCUT2D eigenvalue weighted by atomic mass is 10.0. The summed E-state index contributed by atoms with van der Waals surface area (Å²) in [5.41, 5.74) is -1.68. The summed E-state index contributed by atoms with van der Waals surface area (Å²) < 4.78 is 15.0. The zero-order valence-corrected chi connectivity index (χ0v) is 21.2. The number of carbonyl (C=O) groups excluding carboxylic acids is 5. The van der Waals surface area contributed by atoms with E-state index in [0.29, 0.717) is 0 Å². The number of hydrogen-bond donors (Lipinski definition) is 2. The minimum Gasteiger partial charge on any atom is -0.481 e. The van der Waals surface area contributed by atoms with Gasteiger partial charge < -0.3 is 34.4 Å². The number of alkyl carbamates (subject to hydrolysis) is 1. The molecule has 2 atom stereocenters. The SMILES string of the molecule is COC(=O)CC1C(=O)N(CC(=O)OC(C)(C)C)CCN1C(=O)C(CC(=O)O)NC(=O)OC(C)(C)C. The Labute approximate surface area is 204 Å². The normalized spacial score (nSPS) is 17.3. The molecule has 1 saturated heterocycles. The minimum atomic E-state index is -1.56. The van der Waals surface area contributed by atoms with E-state index in [1.807, 2.05) is 0 Å². The predicted octanol–water partition coefficient (Wildman–Crippen LogP) is 0.299. The van der Waals surface area contributed by atoms with Gasteiger partial charge in [-0.2, -0.15) is 0 Å². The van der Waals surface area contributed by atoms with Gasteiger partial charge in [0, 0.05) is 13.1 Å². The molecule has 1 fully saturated rings. The average molecular weight is 502 g/mol. The number of nitrogens with zero attached hydrogens (tertiary/aromatic N) is 2. The number of amides is 3. The third-order valence-corrected chi connectivity index (χ3v) is 4.56. The van der Waals surface area contributed by atoms with Gasteiger partial charge in [-0.3, -0.25) is 24.0 Å². The molecule has 0 spiro atoms. The summed E-state index contributed by atoms with van der Waals surface area (Å²) in [5, 5.41) is 11.5. The third kappa shape index (κ3) is 10.2. The van der Waals surface area contributed by atoms with E-state index in [-0.39, 0.29) is 13.1 Å². The van der Waals surface area contributed by atoms with Crippen LogP contribution >= 0.6 is 0 Å². The molecule has 0 aromatic heterocycles. The van der Waals surface area contributed by atoms with Gasteiger partial charge in [0.15, 0.2) is 0 Å². The molecule has 0 aliphatic carbocycles. The Kier molecular flexibility index (Phi) is 10.0. The summed E-state index contributed by atoms with van der Waals surface area (Å²) in [6, 6.07) is -2.93. The zero-order chi connectivity index (χ0) is 27.1. The number of ether oxygens (including phenoxy) is 3. The van der Waals surface area contributed by atoms with Gasteiger partial charge in [0.25, 0.3) is 0 Å². The molecule has 3 amide bonds. The fraction of sp³-hybridized carbons (Fsp3) is 0.727. The average Bonchev–Trinajstić information content (AvgIpc) is 2.66. The van der Waals surface area contributed by atoms with Gasteiger partial charge in [0.2, 0.25) is 11.8 Å². The maximum Gasteiger partial charge on any atom is 0.408 e. The van der Waals surface area contributed by atoms with Gasteiger partial charge in [0.1, 0.15) is 29.8 Å². The summed E-state index contributed by atoms with van der Waals surface area (Å²) in [7, 11) is 1.11. The van der Waals surface area contributed by atoms with Gasteiger partial charge in [-0.15, -0.1) is 0 Å². The van der Waals surface area contributed by atoms with Gasteiger partial charge in [-0.05, 0) is 41.5 Å². The number of nitrogens with one attached hydrogen (secondary N) is 1. The first-order chi connectivity index (χ1) is 15.9. The first-order valence-corrected chi connectivity index (χ1v) is 11.0. The van der Waals surface area contributed by atoms with Crippen LogP contribution in [0.3, 0.4) is 0 Å². The quantitative estimate of drug-likeness (QED) is 0.348. The number of aliphatic carboxylic acids is 1. The topological polar surface area (TPSA) is 169 Å². The van der Waals surface area contributed by atoms with E-state index < -0.39 is 78.5 Å². The van der Waals surface area contributed by atoms with E-state index in [2.05, 4.69) is 10.1 Å². The largest absolute Gasteiger partial charge is 0.481 e. The van der Waals surface area contributed by atoms with Crippen molar-refractivity contribution < 1.29 is 48.1 Å². The number of carboxylic acids is 1. The first-order valence-electron chi connectivity index (χ1n) is 11.0. The van der Waals surface area contributed by atoms with E-state index in [1.165, 1.54) is 0 Å². The van der Waals surface area contributed by atoms with Crippen molar-refractivity contribution in [3.05, 3.63) is 0 Å². The van der Waals surface area contributed by atoms with Crippen molar-refractivity contribution >= 4 is 35.8 Å². The van der Waals surface area contributed by atoms with Crippen molar-refractivity contribution in [1.29, 1.82) is 0 Å². The smallest absolute Gasteiger partial charge is 0.408 e. The zero-order valence-electron chi connectivity index (χ0n) is 21.2. The molecule has 0 aromatic rings. The van der Waals surface area contributed by atoms with Crippen LogP contribution in [0.4, 0.5) is 4.79 Å². The molecule has 35 heavy (non-hydrogen) atoms. The third-order valence-electron chi connectivity index (χ3n) is 4.56. The fourth-order valence-electron chi connectivity index (χ4n) is 3.25. The molecule has 2 N–H and O–H groups in total. The number of esters is 2. The highest BCUT2D eigenvalue weighted by atomic mass is 16.6. The second-order valence-electron chi connectivity index (χ2n) is 9.97. The summed E-state index contributed by atoms with van der Waals surface area (Å²) in [5.74, 6) is -4.45. The van der Waals surface area contributed by atoms with E-state index in [0.717, 1.165) is 16.9 Å². The van der Waals surface area contributed by atoms with Crippen LogP contribution in [0.25, 0.3) is 0 Å². The van der Waals surface area contributed by atoms with Crippen LogP contribution in [0.5, 0.6) is 0 Å². The lowest BCUT2D eigenvalue weighted by Crippen LogP contribution is -2.63. The Morgan fingerprint density at radius 1 is 1.00 bits per heavy atom. The Bertz CT molecular complexity index is 843. The molecular weight excluding hydrogens is 466 g/mol. The van der Waals surface area contributed by atoms with E-state index in [9.17, 15) is 33.9 Å². The molecule has 0 aromatic carbocycles. The second-order valence-corrected chi connectivity index (χ2v) is 9.97. The van der Waals surface area contributed by atoms with Gasteiger partial charge in [-0.1, -0.05) is 0 Å². The van der Waals surface area contributed by atoms with E-state index in [1.54, 1.807) is 41.5 Å². The minimum absolute atomic E-state index is 0.0757. The predicted molar refractivity (Wildman–Crippen MR) is 120 cm³/mol. The highest BCUT2D eigenvalue weighted by Gasteiger charge is 2.42. The molecule has 0 radical (unpaired) electrons. The Hall–Kier alpha value is -3.38. The molecule has 1 aliphatic rings. The highest BCUT2D eigenvalue weighted by molar-refractivity contribution is 5.96. The van der Waals surface area contributed by atoms with Crippen molar-refractivity contribution in [3.63, 3.8) is 0 Å². The van der Waals surface area contributed by atoms with Crippen molar-refractivity contribution in [2.45, 2.75) is 77.7 Å². The van der Waals surface area contributed by atoms with Crippen LogP contribution in [0.2, 0.25) is 0 Å². The van der Waals surface area contributed by atoms with Crippen LogP contribution < -0.4 is 5.32 Å². The van der Waals surface area contributed by atoms with Gasteiger partial charge in [0.05, 0.1) is 20.0 Å². The lowest BCUT2D eigenvalue weighted by Gasteiger charge is -2.41. The molecule has 0 bridgehead atoms. The maximum absolute atomic E-state index is 13.3.